The van der Waals surface area contributed by atoms with Crippen LogP contribution in [0.1, 0.15) is 52.4 Å². The van der Waals surface area contributed by atoms with Crippen LogP contribution < -0.4 is 16.0 Å². The minimum Gasteiger partial charge on any atom is -0.366 e. The molecule has 3 N–H and O–H groups in total. The normalized spacial score (nSPS) is 16.3. The fourth-order valence-corrected chi connectivity index (χ4v) is 2.52. The topological polar surface area (TPSA) is 78.9 Å². The molecule has 1 aromatic heterocycles. The molecule has 1 heterocycles. The van der Waals surface area contributed by atoms with E-state index in [2.05, 4.69) is 26.1 Å². The van der Waals surface area contributed by atoms with E-state index in [1.165, 1.54) is 38.5 Å². The number of hydrogen-bond donors (Lipinski definition) is 3. The molecule has 0 radical (unpaired) electrons. The number of nitrogens with zero attached hydrogens (tertiary/aromatic N) is 2. The second-order valence-corrected chi connectivity index (χ2v) is 5.89. The highest BCUT2D eigenvalue weighted by molar-refractivity contribution is 5.88. The molecular formula is C15H25N5O. The molecule has 2 rings (SSSR count). The van der Waals surface area contributed by atoms with E-state index in [4.69, 9.17) is 0 Å². The molecule has 0 unspecified atom stereocenters. The smallest absolute Gasteiger partial charge is 0.320 e. The van der Waals surface area contributed by atoms with Crippen molar-refractivity contribution in [1.82, 2.24) is 15.5 Å². The summed E-state index contributed by atoms with van der Waals surface area (Å²) in [6.07, 6.45) is 7.60. The van der Waals surface area contributed by atoms with Gasteiger partial charge in [-0.25, -0.2) is 4.79 Å². The van der Waals surface area contributed by atoms with Crippen LogP contribution in [0, 0.1) is 0 Å². The summed E-state index contributed by atoms with van der Waals surface area (Å²) in [6.45, 7) is 3.82. The van der Waals surface area contributed by atoms with Crippen LogP contribution >= 0.6 is 0 Å². The largest absolute Gasteiger partial charge is 0.366 e. The number of amides is 2. The predicted molar refractivity (Wildman–Crippen MR) is 84.4 cm³/mol. The Labute approximate surface area is 126 Å². The third kappa shape index (κ3) is 5.57. The summed E-state index contributed by atoms with van der Waals surface area (Å²) in [5, 5.41) is 17.0. The number of urea groups is 1. The minimum atomic E-state index is -0.260. The molecule has 1 aliphatic rings. The number of carbonyl (C=O) groups excluding carboxylic acids is 1. The predicted octanol–water partition coefficient (Wildman–Crippen LogP) is 3.14. The van der Waals surface area contributed by atoms with Crippen molar-refractivity contribution in [2.45, 2.75) is 64.5 Å². The zero-order valence-corrected chi connectivity index (χ0v) is 12.9. The Bertz CT molecular complexity index is 438. The summed E-state index contributed by atoms with van der Waals surface area (Å²) in [7, 11) is 0. The standard InChI is InChI=1S/C15H25N5O/c1-11(2)16-15(21)18-14-10-9-13(19-20-14)17-12-7-5-3-4-6-8-12/h9-12H,3-8H2,1-2H3,(H,17,19)(H2,16,18,20,21). The van der Waals surface area contributed by atoms with Gasteiger partial charge in [0.15, 0.2) is 5.82 Å². The van der Waals surface area contributed by atoms with Crippen LogP contribution in [0.2, 0.25) is 0 Å². The van der Waals surface area contributed by atoms with Gasteiger partial charge < -0.3 is 10.6 Å². The third-order valence-corrected chi connectivity index (χ3v) is 3.53. The average Bonchev–Trinajstić information content (AvgIpc) is 2.69. The van der Waals surface area contributed by atoms with Crippen LogP contribution in [0.5, 0.6) is 0 Å². The molecule has 0 bridgehead atoms. The second kappa shape index (κ2) is 7.81. The van der Waals surface area contributed by atoms with Crippen molar-refractivity contribution in [3.63, 3.8) is 0 Å². The van der Waals surface area contributed by atoms with Crippen LogP contribution in [-0.2, 0) is 0 Å². The Morgan fingerprint density at radius 1 is 1.10 bits per heavy atom. The van der Waals surface area contributed by atoms with Crippen LogP contribution in [0.3, 0.4) is 0 Å². The van der Waals surface area contributed by atoms with E-state index < -0.39 is 0 Å². The van der Waals surface area contributed by atoms with Crippen LogP contribution in [0.25, 0.3) is 0 Å². The Hall–Kier alpha value is -1.85. The van der Waals surface area contributed by atoms with Crippen molar-refractivity contribution >= 4 is 17.7 Å². The number of aromatic nitrogens is 2. The third-order valence-electron chi connectivity index (χ3n) is 3.53. The summed E-state index contributed by atoms with van der Waals surface area (Å²) in [4.78, 5) is 11.6. The average molecular weight is 291 g/mol. The number of carbonyl (C=O) groups is 1. The Morgan fingerprint density at radius 2 is 1.71 bits per heavy atom. The first-order valence-electron chi connectivity index (χ1n) is 7.81. The lowest BCUT2D eigenvalue weighted by Gasteiger charge is -2.16. The number of nitrogens with one attached hydrogen (secondary N) is 3. The van der Waals surface area contributed by atoms with E-state index in [9.17, 15) is 4.79 Å². The van der Waals surface area contributed by atoms with E-state index in [1.54, 1.807) is 6.07 Å². The van der Waals surface area contributed by atoms with Gasteiger partial charge in [0, 0.05) is 12.1 Å². The Morgan fingerprint density at radius 3 is 2.29 bits per heavy atom. The lowest BCUT2D eigenvalue weighted by Crippen LogP contribution is -2.34. The number of hydrogen-bond acceptors (Lipinski definition) is 4. The van der Waals surface area contributed by atoms with E-state index in [0.717, 1.165) is 5.82 Å². The molecular weight excluding hydrogens is 266 g/mol. The van der Waals surface area contributed by atoms with Crippen LogP contribution in [0.15, 0.2) is 12.1 Å². The van der Waals surface area contributed by atoms with Crippen molar-refractivity contribution in [2.75, 3.05) is 10.6 Å². The Balaban J connectivity index is 1.85. The molecule has 0 aromatic carbocycles. The first-order chi connectivity index (χ1) is 10.1. The fourth-order valence-electron chi connectivity index (χ4n) is 2.52. The van der Waals surface area contributed by atoms with Gasteiger partial charge in [0.05, 0.1) is 0 Å². The van der Waals surface area contributed by atoms with Crippen molar-refractivity contribution in [3.05, 3.63) is 12.1 Å². The maximum Gasteiger partial charge on any atom is 0.320 e. The fraction of sp³-hybridized carbons (Fsp3) is 0.667. The summed E-state index contributed by atoms with van der Waals surface area (Å²) in [5.41, 5.74) is 0. The molecule has 0 spiro atoms. The second-order valence-electron chi connectivity index (χ2n) is 5.89. The summed E-state index contributed by atoms with van der Waals surface area (Å²) >= 11 is 0. The van der Waals surface area contributed by atoms with E-state index in [-0.39, 0.29) is 12.1 Å². The molecule has 116 valence electrons. The molecule has 0 saturated heterocycles. The molecule has 1 fully saturated rings. The number of rotatable bonds is 4. The highest BCUT2D eigenvalue weighted by Gasteiger charge is 2.12. The lowest BCUT2D eigenvalue weighted by molar-refractivity contribution is 0.250. The van der Waals surface area contributed by atoms with Crippen LogP contribution in [-0.4, -0.2) is 28.3 Å². The van der Waals surface area contributed by atoms with Crippen LogP contribution in [0.4, 0.5) is 16.4 Å². The first kappa shape index (κ1) is 15.5. The van der Waals surface area contributed by atoms with Crippen molar-refractivity contribution < 1.29 is 4.79 Å². The molecule has 1 aromatic rings. The van der Waals surface area contributed by atoms with Gasteiger partial charge in [0.2, 0.25) is 0 Å². The van der Waals surface area contributed by atoms with Gasteiger partial charge in [-0.15, -0.1) is 10.2 Å². The first-order valence-corrected chi connectivity index (χ1v) is 7.81. The molecule has 1 saturated carbocycles. The summed E-state index contributed by atoms with van der Waals surface area (Å²) in [6, 6.07) is 3.96. The quantitative estimate of drug-likeness (QED) is 0.745. The van der Waals surface area contributed by atoms with E-state index >= 15 is 0 Å². The molecule has 6 nitrogen and oxygen atoms in total. The van der Waals surface area contributed by atoms with Gasteiger partial charge in [-0.1, -0.05) is 25.7 Å². The maximum absolute atomic E-state index is 11.6. The molecule has 1 aliphatic carbocycles. The van der Waals surface area contributed by atoms with Crippen molar-refractivity contribution in [2.24, 2.45) is 0 Å². The monoisotopic (exact) mass is 291 g/mol. The van der Waals surface area contributed by atoms with Gasteiger partial charge in [-0.3, -0.25) is 5.32 Å². The maximum atomic E-state index is 11.6. The van der Waals surface area contributed by atoms with Crippen molar-refractivity contribution in [3.8, 4) is 0 Å². The summed E-state index contributed by atoms with van der Waals surface area (Å²) < 4.78 is 0. The molecule has 21 heavy (non-hydrogen) atoms. The molecule has 6 heteroatoms. The minimum absolute atomic E-state index is 0.0918. The zero-order valence-electron chi connectivity index (χ0n) is 12.9. The molecule has 0 aliphatic heterocycles. The number of anilines is 2. The lowest BCUT2D eigenvalue weighted by atomic mass is 10.1. The molecule has 2 amide bonds. The molecule has 0 atom stereocenters. The van der Waals surface area contributed by atoms with Gasteiger partial charge in [0.25, 0.3) is 0 Å². The van der Waals surface area contributed by atoms with E-state index in [0.29, 0.717) is 11.9 Å². The van der Waals surface area contributed by atoms with Gasteiger partial charge in [-0.2, -0.15) is 0 Å². The van der Waals surface area contributed by atoms with Gasteiger partial charge >= 0.3 is 6.03 Å². The van der Waals surface area contributed by atoms with Gasteiger partial charge in [-0.05, 0) is 38.8 Å². The zero-order chi connectivity index (χ0) is 15.1. The Kier molecular flexibility index (Phi) is 5.78. The summed E-state index contributed by atoms with van der Waals surface area (Å²) in [5.74, 6) is 1.23. The van der Waals surface area contributed by atoms with Crippen molar-refractivity contribution in [1.29, 1.82) is 0 Å². The SMILES string of the molecule is CC(C)NC(=O)Nc1ccc(NC2CCCCCC2)nn1. The highest BCUT2D eigenvalue weighted by Crippen LogP contribution is 2.20. The highest BCUT2D eigenvalue weighted by atomic mass is 16.2. The van der Waals surface area contributed by atoms with E-state index in [1.807, 2.05) is 19.9 Å². The van der Waals surface area contributed by atoms with Gasteiger partial charge in [0.1, 0.15) is 5.82 Å².